The Kier molecular flexibility index (Phi) is 4.62. The zero-order valence-electron chi connectivity index (χ0n) is 10.7. The van der Waals surface area contributed by atoms with Crippen LogP contribution in [0.15, 0.2) is 12.7 Å². The zero-order valence-corrected chi connectivity index (χ0v) is 12.7. The Morgan fingerprint density at radius 1 is 1.00 bits per heavy atom. The SMILES string of the molecule is C=CC([SiH3])CC(N1CCCC1)N1CCCC1. The fourth-order valence-corrected chi connectivity index (χ4v) is 3.46. The maximum Gasteiger partial charge on any atom is 0.0624 e. The maximum absolute atomic E-state index is 3.96. The van der Waals surface area contributed by atoms with Crippen LogP contribution in [0.25, 0.3) is 0 Å². The first-order valence-corrected chi connectivity index (χ1v) is 8.07. The van der Waals surface area contributed by atoms with Gasteiger partial charge >= 0.3 is 0 Å². The summed E-state index contributed by atoms with van der Waals surface area (Å²) in [7, 11) is 1.26. The molecule has 0 amide bonds. The Hall–Kier alpha value is -0.123. The fraction of sp³-hybridized carbons (Fsp3) is 0.846. The highest BCUT2D eigenvalue weighted by molar-refractivity contribution is 6.12. The minimum atomic E-state index is 0.727. The second-order valence-electron chi connectivity index (χ2n) is 5.42. The summed E-state index contributed by atoms with van der Waals surface area (Å²) in [5.74, 6) is 0. The number of hydrogen-bond acceptors (Lipinski definition) is 2. The summed E-state index contributed by atoms with van der Waals surface area (Å²) in [4.78, 5) is 5.44. The van der Waals surface area contributed by atoms with Gasteiger partial charge in [-0.15, -0.1) is 6.58 Å². The summed E-state index contributed by atoms with van der Waals surface area (Å²) in [6, 6.07) is 0. The third-order valence-electron chi connectivity index (χ3n) is 4.11. The number of hydrogen-bond donors (Lipinski definition) is 0. The normalized spacial score (nSPS) is 25.6. The molecule has 16 heavy (non-hydrogen) atoms. The lowest BCUT2D eigenvalue weighted by Crippen LogP contribution is -2.46. The van der Waals surface area contributed by atoms with Crippen molar-refractivity contribution < 1.29 is 0 Å². The molecule has 0 radical (unpaired) electrons. The van der Waals surface area contributed by atoms with E-state index in [9.17, 15) is 0 Å². The average molecular weight is 238 g/mol. The minimum absolute atomic E-state index is 0.727. The third-order valence-corrected chi connectivity index (χ3v) is 5.05. The Labute approximate surface area is 103 Å². The van der Waals surface area contributed by atoms with E-state index in [-0.39, 0.29) is 0 Å². The van der Waals surface area contributed by atoms with Crippen LogP contribution in [0, 0.1) is 0 Å². The molecule has 0 aromatic carbocycles. The van der Waals surface area contributed by atoms with Gasteiger partial charge in [0.15, 0.2) is 0 Å². The molecule has 0 saturated carbocycles. The number of allylic oxidation sites excluding steroid dienone is 1. The van der Waals surface area contributed by atoms with Crippen molar-refractivity contribution in [3.63, 3.8) is 0 Å². The molecular weight excluding hydrogens is 212 g/mol. The van der Waals surface area contributed by atoms with Crippen molar-refractivity contribution in [2.24, 2.45) is 0 Å². The molecule has 2 nitrogen and oxygen atoms in total. The van der Waals surface area contributed by atoms with Crippen LogP contribution in [0.2, 0.25) is 5.54 Å². The molecular formula is C13H26N2Si. The molecule has 2 aliphatic rings. The summed E-state index contributed by atoms with van der Waals surface area (Å²) < 4.78 is 0. The Morgan fingerprint density at radius 3 is 1.81 bits per heavy atom. The maximum atomic E-state index is 3.96. The molecule has 92 valence electrons. The fourth-order valence-electron chi connectivity index (χ4n) is 3.04. The van der Waals surface area contributed by atoms with Gasteiger partial charge < -0.3 is 0 Å². The molecule has 3 heteroatoms. The molecule has 0 aromatic heterocycles. The van der Waals surface area contributed by atoms with E-state index in [1.807, 2.05) is 0 Å². The highest BCUT2D eigenvalue weighted by Gasteiger charge is 2.29. The average Bonchev–Trinajstić information content (AvgIpc) is 2.97. The topological polar surface area (TPSA) is 6.48 Å². The Morgan fingerprint density at radius 2 is 1.44 bits per heavy atom. The van der Waals surface area contributed by atoms with Crippen LogP contribution in [-0.2, 0) is 0 Å². The predicted octanol–water partition coefficient (Wildman–Crippen LogP) is 1.23. The number of likely N-dealkylation sites (tertiary alicyclic amines) is 2. The zero-order chi connectivity index (χ0) is 11.4. The van der Waals surface area contributed by atoms with Crippen LogP contribution in [0.5, 0.6) is 0 Å². The van der Waals surface area contributed by atoms with Gasteiger partial charge in [-0.25, -0.2) is 0 Å². The minimum Gasteiger partial charge on any atom is -0.288 e. The first-order chi connectivity index (χ1) is 7.81. The third kappa shape index (κ3) is 2.96. The summed E-state index contributed by atoms with van der Waals surface area (Å²) in [5, 5.41) is 0. The van der Waals surface area contributed by atoms with Gasteiger partial charge in [0, 0.05) is 10.2 Å². The van der Waals surface area contributed by atoms with E-state index in [4.69, 9.17) is 0 Å². The molecule has 2 heterocycles. The van der Waals surface area contributed by atoms with Crippen molar-refractivity contribution in [3.8, 4) is 0 Å². The van der Waals surface area contributed by atoms with E-state index in [0.717, 1.165) is 11.7 Å². The molecule has 0 aromatic rings. The summed E-state index contributed by atoms with van der Waals surface area (Å²) in [5.41, 5.74) is 0.784. The Bertz CT molecular complexity index is 204. The van der Waals surface area contributed by atoms with Gasteiger partial charge in [0.2, 0.25) is 0 Å². The lowest BCUT2D eigenvalue weighted by Gasteiger charge is -2.36. The van der Waals surface area contributed by atoms with Crippen LogP contribution in [0.3, 0.4) is 0 Å². The molecule has 2 aliphatic heterocycles. The van der Waals surface area contributed by atoms with Gasteiger partial charge in [-0.3, -0.25) is 9.80 Å². The lowest BCUT2D eigenvalue weighted by atomic mass is 10.2. The molecule has 0 spiro atoms. The molecule has 0 bridgehead atoms. The quantitative estimate of drug-likeness (QED) is 0.525. The summed E-state index contributed by atoms with van der Waals surface area (Å²) in [6.45, 7) is 9.27. The number of rotatable bonds is 5. The van der Waals surface area contributed by atoms with E-state index in [2.05, 4.69) is 22.5 Å². The van der Waals surface area contributed by atoms with Crippen molar-refractivity contribution in [1.82, 2.24) is 9.80 Å². The van der Waals surface area contributed by atoms with Crippen LogP contribution in [0.1, 0.15) is 32.1 Å². The monoisotopic (exact) mass is 238 g/mol. The van der Waals surface area contributed by atoms with Crippen molar-refractivity contribution >= 4 is 10.2 Å². The highest BCUT2D eigenvalue weighted by atomic mass is 28.1. The van der Waals surface area contributed by atoms with Gasteiger partial charge in [0.25, 0.3) is 0 Å². The van der Waals surface area contributed by atoms with Crippen molar-refractivity contribution in [3.05, 3.63) is 12.7 Å². The first kappa shape index (κ1) is 12.3. The second-order valence-corrected chi connectivity index (χ2v) is 6.90. The van der Waals surface area contributed by atoms with Crippen LogP contribution < -0.4 is 0 Å². The van der Waals surface area contributed by atoms with Gasteiger partial charge in [0.05, 0.1) is 6.17 Å². The smallest absolute Gasteiger partial charge is 0.0624 e. The molecule has 2 fully saturated rings. The van der Waals surface area contributed by atoms with E-state index < -0.39 is 0 Å². The van der Waals surface area contributed by atoms with Crippen molar-refractivity contribution in [1.29, 1.82) is 0 Å². The molecule has 2 rings (SSSR count). The van der Waals surface area contributed by atoms with Gasteiger partial charge in [-0.1, -0.05) is 6.08 Å². The largest absolute Gasteiger partial charge is 0.288 e. The van der Waals surface area contributed by atoms with Gasteiger partial charge in [0.1, 0.15) is 0 Å². The van der Waals surface area contributed by atoms with E-state index in [1.54, 1.807) is 0 Å². The van der Waals surface area contributed by atoms with Gasteiger partial charge in [-0.05, 0) is 63.8 Å². The standard InChI is InChI=1S/C13H26N2Si/c1-2-12(16)11-13(14-7-3-4-8-14)15-9-5-6-10-15/h2,12-13H,1,3-11H2,16H3. The first-order valence-electron chi connectivity index (χ1n) is 6.92. The second kappa shape index (κ2) is 5.99. The lowest BCUT2D eigenvalue weighted by molar-refractivity contribution is 0.0731. The molecule has 1 unspecified atom stereocenters. The van der Waals surface area contributed by atoms with Crippen molar-refractivity contribution in [2.75, 3.05) is 26.2 Å². The molecule has 1 atom stereocenters. The summed E-state index contributed by atoms with van der Waals surface area (Å²) in [6.07, 6.45) is 9.86. The van der Waals surface area contributed by atoms with Crippen molar-refractivity contribution in [2.45, 2.75) is 43.8 Å². The van der Waals surface area contributed by atoms with Gasteiger partial charge in [-0.2, -0.15) is 0 Å². The molecule has 0 aliphatic carbocycles. The molecule has 0 N–H and O–H groups in total. The van der Waals surface area contributed by atoms with Crippen LogP contribution in [0.4, 0.5) is 0 Å². The predicted molar refractivity (Wildman–Crippen MR) is 73.9 cm³/mol. The van der Waals surface area contributed by atoms with Crippen LogP contribution >= 0.6 is 0 Å². The van der Waals surface area contributed by atoms with E-state index in [0.29, 0.717) is 0 Å². The van der Waals surface area contributed by atoms with E-state index in [1.165, 1.54) is 68.5 Å². The summed E-state index contributed by atoms with van der Waals surface area (Å²) >= 11 is 0. The number of nitrogens with zero attached hydrogens (tertiary/aromatic N) is 2. The highest BCUT2D eigenvalue weighted by Crippen LogP contribution is 2.25. The molecule has 2 saturated heterocycles. The van der Waals surface area contributed by atoms with Crippen LogP contribution in [-0.4, -0.2) is 52.4 Å². The van der Waals surface area contributed by atoms with E-state index >= 15 is 0 Å². The Balaban J connectivity index is 1.96.